The Kier molecular flexibility index (Phi) is 3.86. The summed E-state index contributed by atoms with van der Waals surface area (Å²) in [6.07, 6.45) is 1.61. The van der Waals surface area contributed by atoms with E-state index in [0.29, 0.717) is 11.1 Å². The number of benzene rings is 2. The first-order chi connectivity index (χ1) is 11.4. The molecule has 2 aromatic rings. The smallest absolute Gasteiger partial charge is 0.187 e. The highest BCUT2D eigenvalue weighted by atomic mass is 16.5. The fourth-order valence-electron chi connectivity index (χ4n) is 2.91. The minimum Gasteiger partial charge on any atom is -0.497 e. The highest BCUT2D eigenvalue weighted by Gasteiger charge is 2.33. The van der Waals surface area contributed by atoms with Gasteiger partial charge in [-0.15, -0.1) is 0 Å². The molecule has 0 bridgehead atoms. The van der Waals surface area contributed by atoms with Crippen molar-refractivity contribution in [1.82, 2.24) is 5.32 Å². The van der Waals surface area contributed by atoms with Crippen molar-refractivity contribution in [2.75, 3.05) is 7.11 Å². The Bertz CT molecular complexity index is 872. The standard InChI is InChI=1S/C20H18N2O2/c1-20(2)17-10-15(24-3)8-9-16(17)18(22-20)11-19(23)14-6-4-13(12-21)5-7-14/h4-11,22H,1-3H3/b18-11-. The van der Waals surface area contributed by atoms with Crippen LogP contribution in [0.3, 0.4) is 0 Å². The number of hydrogen-bond acceptors (Lipinski definition) is 4. The third kappa shape index (κ3) is 2.77. The zero-order valence-electron chi connectivity index (χ0n) is 13.9. The Morgan fingerprint density at radius 1 is 1.21 bits per heavy atom. The molecule has 24 heavy (non-hydrogen) atoms. The van der Waals surface area contributed by atoms with Gasteiger partial charge in [0.15, 0.2) is 5.78 Å². The van der Waals surface area contributed by atoms with Crippen LogP contribution >= 0.6 is 0 Å². The Morgan fingerprint density at radius 3 is 2.54 bits per heavy atom. The third-order valence-corrected chi connectivity index (χ3v) is 4.21. The van der Waals surface area contributed by atoms with Crippen molar-refractivity contribution in [2.24, 2.45) is 0 Å². The lowest BCUT2D eigenvalue weighted by Crippen LogP contribution is -2.28. The van der Waals surface area contributed by atoms with E-state index in [-0.39, 0.29) is 11.3 Å². The molecule has 0 atom stereocenters. The molecule has 1 N–H and O–H groups in total. The molecule has 120 valence electrons. The second-order valence-electron chi connectivity index (χ2n) is 6.27. The van der Waals surface area contributed by atoms with Gasteiger partial charge in [0.25, 0.3) is 0 Å². The second kappa shape index (κ2) is 5.86. The molecule has 3 rings (SSSR count). The number of rotatable bonds is 3. The molecule has 0 spiro atoms. The number of hydrogen-bond donors (Lipinski definition) is 1. The molecular weight excluding hydrogens is 300 g/mol. The van der Waals surface area contributed by atoms with Gasteiger partial charge in [0, 0.05) is 22.9 Å². The fourth-order valence-corrected chi connectivity index (χ4v) is 2.91. The first-order valence-electron chi connectivity index (χ1n) is 7.68. The summed E-state index contributed by atoms with van der Waals surface area (Å²) in [6, 6.07) is 14.5. The fraction of sp³-hybridized carbons (Fsp3) is 0.200. The SMILES string of the molecule is COc1ccc2c(c1)C(C)(C)N/C2=C\C(=O)c1ccc(C#N)cc1. The third-order valence-electron chi connectivity index (χ3n) is 4.21. The summed E-state index contributed by atoms with van der Waals surface area (Å²) in [5.41, 5.74) is 3.72. The van der Waals surface area contributed by atoms with Crippen molar-refractivity contribution >= 4 is 11.5 Å². The number of methoxy groups -OCH3 is 1. The van der Waals surface area contributed by atoms with Gasteiger partial charge in [-0.1, -0.05) is 0 Å². The molecule has 1 aliphatic heterocycles. The topological polar surface area (TPSA) is 62.1 Å². The van der Waals surface area contributed by atoms with E-state index in [0.717, 1.165) is 22.6 Å². The van der Waals surface area contributed by atoms with Gasteiger partial charge >= 0.3 is 0 Å². The van der Waals surface area contributed by atoms with Gasteiger partial charge < -0.3 is 10.1 Å². The molecule has 4 nitrogen and oxygen atoms in total. The van der Waals surface area contributed by atoms with Crippen LogP contribution in [0.15, 0.2) is 48.5 Å². The van der Waals surface area contributed by atoms with Crippen molar-refractivity contribution in [3.63, 3.8) is 0 Å². The molecule has 2 aromatic carbocycles. The van der Waals surface area contributed by atoms with Crippen LogP contribution in [0.2, 0.25) is 0 Å². The second-order valence-corrected chi connectivity index (χ2v) is 6.27. The van der Waals surface area contributed by atoms with E-state index in [9.17, 15) is 4.79 Å². The maximum atomic E-state index is 12.5. The predicted molar refractivity (Wildman–Crippen MR) is 92.6 cm³/mol. The minimum absolute atomic E-state index is 0.0959. The lowest BCUT2D eigenvalue weighted by molar-refractivity contribution is 0.104. The number of nitrogens with one attached hydrogen (secondary N) is 1. The monoisotopic (exact) mass is 318 g/mol. The molecule has 0 saturated heterocycles. The molecule has 1 aliphatic rings. The van der Waals surface area contributed by atoms with E-state index in [1.807, 2.05) is 24.3 Å². The summed E-state index contributed by atoms with van der Waals surface area (Å²) < 4.78 is 5.30. The van der Waals surface area contributed by atoms with Gasteiger partial charge in [0.2, 0.25) is 0 Å². The van der Waals surface area contributed by atoms with Gasteiger partial charge in [0.05, 0.1) is 24.3 Å². The molecule has 0 radical (unpaired) electrons. The van der Waals surface area contributed by atoms with Gasteiger partial charge in [-0.3, -0.25) is 4.79 Å². The molecule has 0 saturated carbocycles. The van der Waals surface area contributed by atoms with Crippen LogP contribution in [0.25, 0.3) is 5.70 Å². The lowest BCUT2D eigenvalue weighted by Gasteiger charge is -2.20. The van der Waals surface area contributed by atoms with Crippen molar-refractivity contribution < 1.29 is 9.53 Å². The highest BCUT2D eigenvalue weighted by molar-refractivity contribution is 6.09. The van der Waals surface area contributed by atoms with Crippen LogP contribution < -0.4 is 10.1 Å². The molecule has 4 heteroatoms. The number of allylic oxidation sites excluding steroid dienone is 1. The first-order valence-corrected chi connectivity index (χ1v) is 7.68. The molecule has 0 unspecified atom stereocenters. The van der Waals surface area contributed by atoms with Crippen LogP contribution in [0, 0.1) is 11.3 Å². The lowest BCUT2D eigenvalue weighted by atomic mass is 9.94. The summed E-state index contributed by atoms with van der Waals surface area (Å²) in [5.74, 6) is 0.699. The Hall–Kier alpha value is -3.06. The van der Waals surface area contributed by atoms with E-state index >= 15 is 0 Å². The van der Waals surface area contributed by atoms with Crippen LogP contribution in [0.5, 0.6) is 5.75 Å². The molecule has 0 fully saturated rings. The molecule has 0 amide bonds. The summed E-state index contributed by atoms with van der Waals surface area (Å²) in [4.78, 5) is 12.5. The van der Waals surface area contributed by atoms with E-state index in [1.54, 1.807) is 37.5 Å². The van der Waals surface area contributed by atoms with E-state index in [2.05, 4.69) is 19.2 Å². The number of carbonyl (C=O) groups is 1. The van der Waals surface area contributed by atoms with Gasteiger partial charge in [-0.05, 0) is 61.9 Å². The van der Waals surface area contributed by atoms with Gasteiger partial charge in [-0.25, -0.2) is 0 Å². The van der Waals surface area contributed by atoms with Gasteiger partial charge in [-0.2, -0.15) is 5.26 Å². The van der Waals surface area contributed by atoms with Crippen LogP contribution in [-0.4, -0.2) is 12.9 Å². The summed E-state index contributed by atoms with van der Waals surface area (Å²) in [5, 5.41) is 12.2. The maximum Gasteiger partial charge on any atom is 0.187 e. The van der Waals surface area contributed by atoms with E-state index in [1.165, 1.54) is 0 Å². The van der Waals surface area contributed by atoms with Crippen molar-refractivity contribution in [2.45, 2.75) is 19.4 Å². The summed E-state index contributed by atoms with van der Waals surface area (Å²) in [7, 11) is 1.64. The first kappa shape index (κ1) is 15.8. The van der Waals surface area contributed by atoms with E-state index in [4.69, 9.17) is 10.00 Å². The van der Waals surface area contributed by atoms with Crippen LogP contribution in [-0.2, 0) is 5.54 Å². The summed E-state index contributed by atoms with van der Waals surface area (Å²) in [6.45, 7) is 4.14. The molecular formula is C20H18N2O2. The molecule has 1 heterocycles. The Balaban J connectivity index is 1.97. The molecule has 0 aromatic heterocycles. The van der Waals surface area contributed by atoms with Crippen molar-refractivity contribution in [3.8, 4) is 11.8 Å². The van der Waals surface area contributed by atoms with Crippen molar-refractivity contribution in [1.29, 1.82) is 5.26 Å². The zero-order chi connectivity index (χ0) is 17.3. The number of carbonyl (C=O) groups excluding carboxylic acids is 1. The maximum absolute atomic E-state index is 12.5. The largest absolute Gasteiger partial charge is 0.497 e. The Labute approximate surface area is 141 Å². The number of ether oxygens (including phenoxy) is 1. The molecule has 0 aliphatic carbocycles. The van der Waals surface area contributed by atoms with Crippen LogP contribution in [0.4, 0.5) is 0 Å². The zero-order valence-corrected chi connectivity index (χ0v) is 13.9. The predicted octanol–water partition coefficient (Wildman–Crippen LogP) is 3.63. The number of nitrogens with zero attached hydrogens (tertiary/aromatic N) is 1. The normalized spacial score (nSPS) is 16.2. The van der Waals surface area contributed by atoms with Crippen molar-refractivity contribution in [3.05, 3.63) is 70.8 Å². The van der Waals surface area contributed by atoms with Crippen LogP contribution in [0.1, 0.15) is 40.9 Å². The minimum atomic E-state index is -0.277. The number of nitriles is 1. The van der Waals surface area contributed by atoms with E-state index < -0.39 is 0 Å². The van der Waals surface area contributed by atoms with Gasteiger partial charge in [0.1, 0.15) is 5.75 Å². The number of fused-ring (bicyclic) bond motifs is 1. The average Bonchev–Trinajstić information content (AvgIpc) is 2.84. The number of ketones is 1. The Morgan fingerprint density at radius 2 is 1.92 bits per heavy atom. The quantitative estimate of drug-likeness (QED) is 0.693. The summed E-state index contributed by atoms with van der Waals surface area (Å²) >= 11 is 0. The highest BCUT2D eigenvalue weighted by Crippen LogP contribution is 2.38. The average molecular weight is 318 g/mol.